The van der Waals surface area contributed by atoms with Gasteiger partial charge >= 0.3 is 5.97 Å². The Balaban J connectivity index is 2.03. The molecule has 106 valence electrons. The van der Waals surface area contributed by atoms with E-state index in [4.69, 9.17) is 4.74 Å². The van der Waals surface area contributed by atoms with Crippen molar-refractivity contribution >= 4 is 11.8 Å². The van der Waals surface area contributed by atoms with Gasteiger partial charge in [-0.2, -0.15) is 0 Å². The number of fused-ring (bicyclic) bond motifs is 3. The van der Waals surface area contributed by atoms with E-state index in [0.717, 1.165) is 12.8 Å². The SMILES string of the molecule is CC1C(=O)OC2C1CCC1(C)C(=O)CCC(C)(O)C21. The molecule has 0 aromatic carbocycles. The minimum absolute atomic E-state index is 0.109. The largest absolute Gasteiger partial charge is 0.461 e. The maximum atomic E-state index is 12.3. The van der Waals surface area contributed by atoms with E-state index in [0.29, 0.717) is 12.8 Å². The van der Waals surface area contributed by atoms with E-state index >= 15 is 0 Å². The summed E-state index contributed by atoms with van der Waals surface area (Å²) in [5.41, 5.74) is -1.45. The number of Topliss-reactive ketones (excluding diaryl/α,β-unsaturated/α-hetero) is 1. The van der Waals surface area contributed by atoms with Crippen LogP contribution in [-0.4, -0.2) is 28.6 Å². The zero-order valence-corrected chi connectivity index (χ0v) is 11.8. The molecule has 4 heteroatoms. The molecule has 0 aromatic heterocycles. The van der Waals surface area contributed by atoms with Gasteiger partial charge in [0.2, 0.25) is 0 Å². The lowest BCUT2D eigenvalue weighted by molar-refractivity contribution is -0.186. The number of hydrogen-bond donors (Lipinski definition) is 1. The average Bonchev–Trinajstić information content (AvgIpc) is 2.60. The first-order chi connectivity index (χ1) is 8.77. The monoisotopic (exact) mass is 266 g/mol. The molecule has 2 saturated carbocycles. The van der Waals surface area contributed by atoms with Gasteiger partial charge in [0.15, 0.2) is 0 Å². The van der Waals surface area contributed by atoms with E-state index in [1.807, 2.05) is 13.8 Å². The summed E-state index contributed by atoms with van der Waals surface area (Å²) >= 11 is 0. The van der Waals surface area contributed by atoms with Crippen LogP contribution in [0.4, 0.5) is 0 Å². The predicted molar refractivity (Wildman–Crippen MR) is 68.2 cm³/mol. The van der Waals surface area contributed by atoms with Crippen LogP contribution in [0.1, 0.15) is 46.5 Å². The highest BCUT2D eigenvalue weighted by atomic mass is 16.6. The zero-order chi connectivity index (χ0) is 14.0. The first-order valence-corrected chi connectivity index (χ1v) is 7.23. The molecule has 19 heavy (non-hydrogen) atoms. The van der Waals surface area contributed by atoms with Crippen molar-refractivity contribution in [3.05, 3.63) is 0 Å². The van der Waals surface area contributed by atoms with E-state index in [9.17, 15) is 14.7 Å². The van der Waals surface area contributed by atoms with Crippen molar-refractivity contribution < 1.29 is 19.4 Å². The Morgan fingerprint density at radius 3 is 2.63 bits per heavy atom. The molecule has 0 spiro atoms. The van der Waals surface area contributed by atoms with Gasteiger partial charge in [-0.15, -0.1) is 0 Å². The Kier molecular flexibility index (Phi) is 2.63. The van der Waals surface area contributed by atoms with E-state index < -0.39 is 11.0 Å². The first-order valence-electron chi connectivity index (χ1n) is 7.23. The maximum absolute atomic E-state index is 12.3. The van der Waals surface area contributed by atoms with Crippen molar-refractivity contribution in [1.29, 1.82) is 0 Å². The van der Waals surface area contributed by atoms with Gasteiger partial charge in [0, 0.05) is 23.7 Å². The van der Waals surface area contributed by atoms with Crippen LogP contribution >= 0.6 is 0 Å². The van der Waals surface area contributed by atoms with E-state index in [1.54, 1.807) is 6.92 Å². The molecule has 0 amide bonds. The molecule has 1 aliphatic heterocycles. The summed E-state index contributed by atoms with van der Waals surface area (Å²) in [4.78, 5) is 24.2. The molecule has 2 aliphatic carbocycles. The van der Waals surface area contributed by atoms with Gasteiger partial charge in [-0.1, -0.05) is 13.8 Å². The molecule has 3 fully saturated rings. The zero-order valence-electron chi connectivity index (χ0n) is 11.8. The van der Waals surface area contributed by atoms with Crippen LogP contribution in [0, 0.1) is 23.2 Å². The summed E-state index contributed by atoms with van der Waals surface area (Å²) in [5.74, 6) is -0.162. The minimum Gasteiger partial charge on any atom is -0.461 e. The van der Waals surface area contributed by atoms with Crippen molar-refractivity contribution in [2.75, 3.05) is 0 Å². The van der Waals surface area contributed by atoms with Crippen LogP contribution in [-0.2, 0) is 14.3 Å². The molecule has 0 aromatic rings. The number of carbonyl (C=O) groups is 2. The molecule has 0 radical (unpaired) electrons. The molecule has 6 atom stereocenters. The molecule has 3 rings (SSSR count). The Morgan fingerprint density at radius 1 is 1.26 bits per heavy atom. The highest BCUT2D eigenvalue weighted by Crippen LogP contribution is 2.57. The molecule has 4 nitrogen and oxygen atoms in total. The van der Waals surface area contributed by atoms with Gasteiger partial charge in [0.1, 0.15) is 11.9 Å². The molecular formula is C15H22O4. The summed E-state index contributed by atoms with van der Waals surface area (Å²) in [7, 11) is 0. The van der Waals surface area contributed by atoms with Crippen molar-refractivity contribution in [3.8, 4) is 0 Å². The number of aliphatic hydroxyl groups is 1. The van der Waals surface area contributed by atoms with Gasteiger partial charge in [-0.25, -0.2) is 0 Å². The second kappa shape index (κ2) is 3.81. The van der Waals surface area contributed by atoms with E-state index in [2.05, 4.69) is 0 Å². The van der Waals surface area contributed by atoms with Crippen molar-refractivity contribution in [2.24, 2.45) is 23.2 Å². The summed E-state index contributed by atoms with van der Waals surface area (Å²) in [5, 5.41) is 10.7. The van der Waals surface area contributed by atoms with Crippen LogP contribution in [0.5, 0.6) is 0 Å². The fourth-order valence-corrected chi connectivity index (χ4v) is 4.66. The average molecular weight is 266 g/mol. The van der Waals surface area contributed by atoms with Gasteiger partial charge in [0.25, 0.3) is 0 Å². The third-order valence-electron chi connectivity index (χ3n) is 5.87. The quantitative estimate of drug-likeness (QED) is 0.678. The lowest BCUT2D eigenvalue weighted by Crippen LogP contribution is -2.61. The van der Waals surface area contributed by atoms with E-state index in [1.165, 1.54) is 0 Å². The normalized spacial score (nSPS) is 53.5. The lowest BCUT2D eigenvalue weighted by Gasteiger charge is -2.54. The van der Waals surface area contributed by atoms with Crippen molar-refractivity contribution in [3.63, 3.8) is 0 Å². The van der Waals surface area contributed by atoms with Gasteiger partial charge in [0.05, 0.1) is 11.5 Å². The van der Waals surface area contributed by atoms with Gasteiger partial charge in [-0.3, -0.25) is 9.59 Å². The molecular weight excluding hydrogens is 244 g/mol. The summed E-state index contributed by atoms with van der Waals surface area (Å²) < 4.78 is 5.54. The summed E-state index contributed by atoms with van der Waals surface area (Å²) in [6.45, 7) is 5.64. The molecule has 1 N–H and O–H groups in total. The Bertz CT molecular complexity index is 441. The van der Waals surface area contributed by atoms with Crippen molar-refractivity contribution in [2.45, 2.75) is 58.2 Å². The minimum atomic E-state index is -0.920. The third kappa shape index (κ3) is 1.62. The van der Waals surface area contributed by atoms with Crippen molar-refractivity contribution in [1.82, 2.24) is 0 Å². The number of esters is 1. The summed E-state index contributed by atoms with van der Waals surface area (Å²) in [6, 6.07) is 0. The first kappa shape index (κ1) is 13.1. The van der Waals surface area contributed by atoms with Crippen LogP contribution in [0.2, 0.25) is 0 Å². The molecule has 3 aliphatic rings. The smallest absolute Gasteiger partial charge is 0.309 e. The second-order valence-electron chi connectivity index (χ2n) is 7.07. The standard InChI is InChI=1S/C15H22O4/c1-8-9-4-6-14(2)10(16)5-7-15(3,18)12(14)11(9)19-13(8)17/h8-9,11-12,18H,4-7H2,1-3H3. The summed E-state index contributed by atoms with van der Waals surface area (Å²) in [6.07, 6.45) is 2.21. The fraction of sp³-hybridized carbons (Fsp3) is 0.867. The highest BCUT2D eigenvalue weighted by Gasteiger charge is 2.63. The highest BCUT2D eigenvalue weighted by molar-refractivity contribution is 5.86. The fourth-order valence-electron chi connectivity index (χ4n) is 4.66. The number of carbonyl (C=O) groups excluding carboxylic acids is 2. The van der Waals surface area contributed by atoms with Crippen LogP contribution in [0.15, 0.2) is 0 Å². The van der Waals surface area contributed by atoms with E-state index in [-0.39, 0.29) is 35.6 Å². The molecule has 1 heterocycles. The Morgan fingerprint density at radius 2 is 1.95 bits per heavy atom. The number of ketones is 1. The molecule has 1 saturated heterocycles. The number of hydrogen-bond acceptors (Lipinski definition) is 4. The van der Waals surface area contributed by atoms with Crippen LogP contribution < -0.4 is 0 Å². The lowest BCUT2D eigenvalue weighted by atomic mass is 9.51. The number of rotatable bonds is 0. The molecule has 6 unspecified atom stereocenters. The number of ether oxygens (including phenoxy) is 1. The second-order valence-corrected chi connectivity index (χ2v) is 7.07. The van der Waals surface area contributed by atoms with Crippen LogP contribution in [0.3, 0.4) is 0 Å². The van der Waals surface area contributed by atoms with Gasteiger partial charge in [-0.05, 0) is 26.2 Å². The molecule has 0 bridgehead atoms. The predicted octanol–water partition coefficient (Wildman–Crippen LogP) is 1.69. The Hall–Kier alpha value is -0.900. The third-order valence-corrected chi connectivity index (χ3v) is 5.87. The van der Waals surface area contributed by atoms with Gasteiger partial charge < -0.3 is 9.84 Å². The topological polar surface area (TPSA) is 63.6 Å². The van der Waals surface area contributed by atoms with Crippen LogP contribution in [0.25, 0.3) is 0 Å². The Labute approximate surface area is 113 Å². The maximum Gasteiger partial charge on any atom is 0.309 e.